The molecule has 1 aliphatic rings. The molecule has 0 fully saturated rings. The lowest BCUT2D eigenvalue weighted by Gasteiger charge is -2.06. The third-order valence-corrected chi connectivity index (χ3v) is 3.51. The molecule has 17 heavy (non-hydrogen) atoms. The Morgan fingerprint density at radius 1 is 0.882 bits per heavy atom. The van der Waals surface area contributed by atoms with E-state index < -0.39 is 0 Å². The third-order valence-electron chi connectivity index (χ3n) is 2.67. The fraction of sp³-hybridized carbons (Fsp3) is 0. The average molecular weight is 237 g/mol. The van der Waals surface area contributed by atoms with Gasteiger partial charge in [0.25, 0.3) is 0 Å². The molecule has 1 nitrogen and oxygen atoms in total. The number of nitrogens with zero attached hydrogens (tertiary/aromatic N) is 1. The van der Waals surface area contributed by atoms with Crippen LogP contribution in [0, 0.1) is 0 Å². The van der Waals surface area contributed by atoms with E-state index in [0.717, 1.165) is 5.04 Å². The zero-order valence-electron chi connectivity index (χ0n) is 9.21. The summed E-state index contributed by atoms with van der Waals surface area (Å²) in [5.41, 5.74) is 1.20. The summed E-state index contributed by atoms with van der Waals surface area (Å²) in [5, 5.41) is 5.62. The highest BCUT2D eigenvalue weighted by Crippen LogP contribution is 2.25. The standard InChI is InChI=1S/C15H11NS/c1-2-8-13-12(6-1)7-5-9-14(13)15-16-10-3-4-11-17-15/h1-11H. The molecule has 0 atom stereocenters. The van der Waals surface area contributed by atoms with Crippen LogP contribution in [0.25, 0.3) is 10.8 Å². The molecule has 0 saturated heterocycles. The summed E-state index contributed by atoms with van der Waals surface area (Å²) in [6.45, 7) is 0. The second-order valence-corrected chi connectivity index (χ2v) is 4.64. The number of hydrogen-bond donors (Lipinski definition) is 0. The van der Waals surface area contributed by atoms with Crippen LogP contribution < -0.4 is 0 Å². The van der Waals surface area contributed by atoms with Crippen LogP contribution in [0.4, 0.5) is 0 Å². The lowest BCUT2D eigenvalue weighted by Crippen LogP contribution is -1.94. The Labute approximate surface area is 105 Å². The summed E-state index contributed by atoms with van der Waals surface area (Å²) in [4.78, 5) is 4.48. The van der Waals surface area contributed by atoms with Crippen LogP contribution in [0.15, 0.2) is 71.2 Å². The van der Waals surface area contributed by atoms with E-state index in [2.05, 4.69) is 52.9 Å². The molecule has 82 valence electrons. The van der Waals surface area contributed by atoms with Gasteiger partial charge in [0.1, 0.15) is 5.04 Å². The second-order valence-electron chi connectivity index (χ2n) is 3.75. The van der Waals surface area contributed by atoms with Gasteiger partial charge in [-0.1, -0.05) is 60.3 Å². The van der Waals surface area contributed by atoms with Crippen LogP contribution in [0.3, 0.4) is 0 Å². The van der Waals surface area contributed by atoms with Gasteiger partial charge in [0, 0.05) is 11.8 Å². The summed E-state index contributed by atoms with van der Waals surface area (Å²) in [6.07, 6.45) is 5.80. The van der Waals surface area contributed by atoms with Crippen molar-refractivity contribution in [1.29, 1.82) is 0 Å². The molecule has 0 saturated carbocycles. The first-order chi connectivity index (χ1) is 8.45. The largest absolute Gasteiger partial charge is 0.249 e. The van der Waals surface area contributed by atoms with E-state index in [1.54, 1.807) is 11.8 Å². The van der Waals surface area contributed by atoms with Crippen molar-refractivity contribution in [2.24, 2.45) is 4.99 Å². The molecule has 2 heteroatoms. The van der Waals surface area contributed by atoms with Crippen LogP contribution in [-0.4, -0.2) is 5.04 Å². The van der Waals surface area contributed by atoms with Crippen LogP contribution in [-0.2, 0) is 0 Å². The minimum atomic E-state index is 1.05. The third kappa shape index (κ3) is 2.04. The van der Waals surface area contributed by atoms with Gasteiger partial charge in [-0.3, -0.25) is 0 Å². The van der Waals surface area contributed by atoms with E-state index in [1.165, 1.54) is 16.3 Å². The molecule has 3 rings (SSSR count). The van der Waals surface area contributed by atoms with Crippen LogP contribution in [0.2, 0.25) is 0 Å². The van der Waals surface area contributed by atoms with Crippen LogP contribution >= 0.6 is 11.8 Å². The van der Waals surface area contributed by atoms with Crippen LogP contribution in [0.1, 0.15) is 5.56 Å². The van der Waals surface area contributed by atoms with Crippen molar-refractivity contribution in [3.63, 3.8) is 0 Å². The molecule has 0 N–H and O–H groups in total. The highest BCUT2D eigenvalue weighted by atomic mass is 32.2. The van der Waals surface area contributed by atoms with Gasteiger partial charge in [-0.2, -0.15) is 0 Å². The zero-order chi connectivity index (χ0) is 11.5. The first-order valence-corrected chi connectivity index (χ1v) is 6.37. The number of benzene rings is 2. The summed E-state index contributed by atoms with van der Waals surface area (Å²) in [7, 11) is 0. The molecule has 0 bridgehead atoms. The maximum absolute atomic E-state index is 4.48. The van der Waals surface area contributed by atoms with Gasteiger partial charge in [-0.25, -0.2) is 4.99 Å². The molecule has 0 spiro atoms. The second kappa shape index (κ2) is 4.60. The maximum Gasteiger partial charge on any atom is 0.108 e. The molecular formula is C15H11NS. The van der Waals surface area contributed by atoms with E-state index in [1.807, 2.05) is 18.4 Å². The van der Waals surface area contributed by atoms with Gasteiger partial charge in [-0.05, 0) is 22.3 Å². The number of rotatable bonds is 1. The first-order valence-electron chi connectivity index (χ1n) is 5.49. The van der Waals surface area contributed by atoms with Crippen molar-refractivity contribution in [2.45, 2.75) is 0 Å². The fourth-order valence-corrected chi connectivity index (χ4v) is 2.61. The predicted octanol–water partition coefficient (Wildman–Crippen LogP) is 4.36. The highest BCUT2D eigenvalue weighted by molar-refractivity contribution is 8.16. The van der Waals surface area contributed by atoms with Crippen molar-refractivity contribution in [2.75, 3.05) is 0 Å². The van der Waals surface area contributed by atoms with E-state index in [-0.39, 0.29) is 0 Å². The van der Waals surface area contributed by atoms with Gasteiger partial charge >= 0.3 is 0 Å². The Morgan fingerprint density at radius 3 is 2.76 bits per heavy atom. The molecule has 0 amide bonds. The Balaban J connectivity index is 2.20. The van der Waals surface area contributed by atoms with E-state index in [4.69, 9.17) is 0 Å². The van der Waals surface area contributed by atoms with Crippen molar-refractivity contribution in [3.8, 4) is 0 Å². The number of aliphatic imine (C=N–C) groups is 1. The maximum atomic E-state index is 4.48. The molecule has 0 aromatic heterocycles. The Morgan fingerprint density at radius 2 is 1.76 bits per heavy atom. The minimum Gasteiger partial charge on any atom is -0.249 e. The Hall–Kier alpha value is -1.80. The number of thioether (sulfide) groups is 1. The number of hydrogen-bond acceptors (Lipinski definition) is 2. The monoisotopic (exact) mass is 237 g/mol. The number of allylic oxidation sites excluding steroid dienone is 2. The summed E-state index contributed by atoms with van der Waals surface area (Å²) < 4.78 is 0. The minimum absolute atomic E-state index is 1.05. The van der Waals surface area contributed by atoms with E-state index in [9.17, 15) is 0 Å². The lowest BCUT2D eigenvalue weighted by molar-refractivity contribution is 1.57. The summed E-state index contributed by atoms with van der Waals surface area (Å²) in [6, 6.07) is 14.7. The molecule has 0 unspecified atom stereocenters. The predicted molar refractivity (Wildman–Crippen MR) is 76.4 cm³/mol. The highest BCUT2D eigenvalue weighted by Gasteiger charge is 2.07. The van der Waals surface area contributed by atoms with Gasteiger partial charge in [-0.15, -0.1) is 0 Å². The number of fused-ring (bicyclic) bond motifs is 1. The van der Waals surface area contributed by atoms with Crippen molar-refractivity contribution in [3.05, 3.63) is 71.8 Å². The summed E-state index contributed by atoms with van der Waals surface area (Å²) in [5.74, 6) is 0. The lowest BCUT2D eigenvalue weighted by atomic mass is 10.1. The Bertz CT molecular complexity index is 633. The normalized spacial score (nSPS) is 14.7. The Kier molecular flexibility index (Phi) is 2.80. The molecule has 2 aromatic rings. The van der Waals surface area contributed by atoms with E-state index in [0.29, 0.717) is 0 Å². The van der Waals surface area contributed by atoms with Gasteiger partial charge in [0.05, 0.1) is 0 Å². The fourth-order valence-electron chi connectivity index (χ4n) is 1.88. The quantitative estimate of drug-likeness (QED) is 0.717. The van der Waals surface area contributed by atoms with Crippen molar-refractivity contribution in [1.82, 2.24) is 0 Å². The molecule has 2 aromatic carbocycles. The SMILES string of the molecule is C1=CN=C(c2cccc3ccccc23)SC=C1. The van der Waals surface area contributed by atoms with Gasteiger partial charge < -0.3 is 0 Å². The summed E-state index contributed by atoms with van der Waals surface area (Å²) >= 11 is 1.66. The zero-order valence-corrected chi connectivity index (χ0v) is 10.0. The van der Waals surface area contributed by atoms with Gasteiger partial charge in [0.2, 0.25) is 0 Å². The average Bonchev–Trinajstić information content (AvgIpc) is 2.67. The van der Waals surface area contributed by atoms with Crippen molar-refractivity contribution >= 4 is 27.6 Å². The first kappa shape index (κ1) is 10.4. The molecule has 0 radical (unpaired) electrons. The molecule has 1 aliphatic heterocycles. The van der Waals surface area contributed by atoms with E-state index >= 15 is 0 Å². The van der Waals surface area contributed by atoms with Gasteiger partial charge in [0.15, 0.2) is 0 Å². The smallest absolute Gasteiger partial charge is 0.108 e. The molecule has 1 heterocycles. The van der Waals surface area contributed by atoms with Crippen LogP contribution in [0.5, 0.6) is 0 Å². The molecular weight excluding hydrogens is 226 g/mol. The molecule has 0 aliphatic carbocycles. The topological polar surface area (TPSA) is 12.4 Å². The van der Waals surface area contributed by atoms with Crippen molar-refractivity contribution < 1.29 is 0 Å².